The second kappa shape index (κ2) is 5.94. The summed E-state index contributed by atoms with van der Waals surface area (Å²) in [5, 5.41) is 3.21. The molecule has 1 aliphatic carbocycles. The van der Waals surface area contributed by atoms with Gasteiger partial charge in [-0.15, -0.1) is 0 Å². The van der Waals surface area contributed by atoms with Crippen molar-refractivity contribution >= 4 is 23.2 Å². The number of pyridine rings is 1. The maximum absolute atomic E-state index is 11.9. The van der Waals surface area contributed by atoms with Gasteiger partial charge in [-0.2, -0.15) is 0 Å². The summed E-state index contributed by atoms with van der Waals surface area (Å²) in [7, 11) is 0. The maximum atomic E-state index is 11.9. The monoisotopic (exact) mass is 317 g/mol. The molecule has 6 heteroatoms. The number of anilines is 1. The molecule has 1 heterocycles. The minimum absolute atomic E-state index is 0.174. The van der Waals surface area contributed by atoms with Crippen LogP contribution in [-0.2, 0) is 11.4 Å². The number of hydrogen-bond donors (Lipinski definition) is 2. The lowest BCUT2D eigenvalue weighted by molar-refractivity contribution is -0.118. The maximum Gasteiger partial charge on any atom is 0.244 e. The highest BCUT2D eigenvalue weighted by atomic mass is 35.5. The van der Waals surface area contributed by atoms with E-state index in [1.807, 2.05) is 12.1 Å². The van der Waals surface area contributed by atoms with Crippen LogP contribution in [0.15, 0.2) is 42.7 Å². The molecule has 2 aromatic rings. The van der Waals surface area contributed by atoms with Gasteiger partial charge in [-0.1, -0.05) is 17.7 Å². The number of aromatic nitrogens is 1. The Morgan fingerprint density at radius 1 is 1.41 bits per heavy atom. The van der Waals surface area contributed by atoms with Gasteiger partial charge < -0.3 is 15.8 Å². The number of rotatable bonds is 5. The number of ether oxygens (including phenoxy) is 1. The topological polar surface area (TPSA) is 77.2 Å². The molecule has 0 spiro atoms. The standard InChI is InChI=1S/C16H16ClN3O2/c17-13-8-12(20-15(21)16(18)5-6-16)3-4-14(13)22-10-11-2-1-7-19-9-11/h1-4,7-9H,5-6,10,18H2,(H,20,21). The highest BCUT2D eigenvalue weighted by Crippen LogP contribution is 2.34. The van der Waals surface area contributed by atoms with Gasteiger partial charge in [-0.25, -0.2) is 0 Å². The summed E-state index contributed by atoms with van der Waals surface area (Å²) in [4.78, 5) is 15.9. The first-order valence-corrected chi connectivity index (χ1v) is 7.36. The van der Waals surface area contributed by atoms with Gasteiger partial charge in [-0.05, 0) is 37.1 Å². The Labute approximate surface area is 133 Å². The number of nitrogens with one attached hydrogen (secondary N) is 1. The summed E-state index contributed by atoms with van der Waals surface area (Å²) < 4.78 is 5.65. The van der Waals surface area contributed by atoms with Gasteiger partial charge in [0.25, 0.3) is 0 Å². The number of halogens is 1. The minimum Gasteiger partial charge on any atom is -0.487 e. The summed E-state index contributed by atoms with van der Waals surface area (Å²) in [5.41, 5.74) is 6.70. The number of carbonyl (C=O) groups excluding carboxylic acids is 1. The van der Waals surface area contributed by atoms with E-state index in [1.165, 1.54) is 0 Å². The van der Waals surface area contributed by atoms with Crippen LogP contribution in [0.4, 0.5) is 5.69 Å². The van der Waals surface area contributed by atoms with Gasteiger partial charge in [-0.3, -0.25) is 9.78 Å². The van der Waals surface area contributed by atoms with Crippen LogP contribution in [0.2, 0.25) is 5.02 Å². The second-order valence-electron chi connectivity index (χ2n) is 5.41. The first-order valence-electron chi connectivity index (χ1n) is 6.98. The molecule has 0 aliphatic heterocycles. The van der Waals surface area contributed by atoms with Gasteiger partial charge in [0.2, 0.25) is 5.91 Å². The van der Waals surface area contributed by atoms with Crippen LogP contribution in [0.25, 0.3) is 0 Å². The van der Waals surface area contributed by atoms with Crippen molar-refractivity contribution in [1.29, 1.82) is 0 Å². The van der Waals surface area contributed by atoms with E-state index in [-0.39, 0.29) is 5.91 Å². The predicted octanol–water partition coefficient (Wildman–Crippen LogP) is 2.74. The van der Waals surface area contributed by atoms with Crippen molar-refractivity contribution in [3.8, 4) is 5.75 Å². The molecule has 3 N–H and O–H groups in total. The number of nitrogens with two attached hydrogens (primary N) is 1. The Hall–Kier alpha value is -2.11. The molecule has 0 saturated heterocycles. The zero-order chi connectivity index (χ0) is 15.6. The average molecular weight is 318 g/mol. The predicted molar refractivity (Wildman–Crippen MR) is 84.8 cm³/mol. The molecular weight excluding hydrogens is 302 g/mol. The Bertz CT molecular complexity index is 687. The molecule has 5 nitrogen and oxygen atoms in total. The number of amides is 1. The quantitative estimate of drug-likeness (QED) is 0.889. The molecule has 1 fully saturated rings. The molecule has 3 rings (SSSR count). The first kappa shape index (κ1) is 14.8. The Balaban J connectivity index is 1.63. The molecule has 1 amide bonds. The Morgan fingerprint density at radius 2 is 2.23 bits per heavy atom. The summed E-state index contributed by atoms with van der Waals surface area (Å²) in [6, 6.07) is 8.90. The van der Waals surface area contributed by atoms with E-state index >= 15 is 0 Å². The highest BCUT2D eigenvalue weighted by Gasteiger charge is 2.45. The average Bonchev–Trinajstić information content (AvgIpc) is 3.27. The summed E-state index contributed by atoms with van der Waals surface area (Å²) in [6.07, 6.45) is 4.88. The lowest BCUT2D eigenvalue weighted by Gasteiger charge is -2.12. The highest BCUT2D eigenvalue weighted by molar-refractivity contribution is 6.32. The first-order chi connectivity index (χ1) is 10.6. The fourth-order valence-corrected chi connectivity index (χ4v) is 2.19. The minimum atomic E-state index is -0.706. The molecule has 22 heavy (non-hydrogen) atoms. The van der Waals surface area contributed by atoms with Crippen molar-refractivity contribution in [3.05, 3.63) is 53.3 Å². The van der Waals surface area contributed by atoms with E-state index in [2.05, 4.69) is 10.3 Å². The molecular formula is C16H16ClN3O2. The zero-order valence-corrected chi connectivity index (χ0v) is 12.6. The van der Waals surface area contributed by atoms with Crippen molar-refractivity contribution < 1.29 is 9.53 Å². The fourth-order valence-electron chi connectivity index (χ4n) is 1.96. The van der Waals surface area contributed by atoms with Crippen LogP contribution in [0.1, 0.15) is 18.4 Å². The number of nitrogens with zero attached hydrogens (tertiary/aromatic N) is 1. The van der Waals surface area contributed by atoms with Crippen molar-refractivity contribution in [1.82, 2.24) is 4.98 Å². The van der Waals surface area contributed by atoms with E-state index in [9.17, 15) is 4.79 Å². The van der Waals surface area contributed by atoms with Gasteiger partial charge in [0.15, 0.2) is 0 Å². The molecule has 1 aromatic heterocycles. The SMILES string of the molecule is NC1(C(=O)Nc2ccc(OCc3cccnc3)c(Cl)c2)CC1. The van der Waals surface area contributed by atoms with Crippen molar-refractivity contribution in [2.75, 3.05) is 5.32 Å². The lowest BCUT2D eigenvalue weighted by atomic mass is 10.2. The van der Waals surface area contributed by atoms with E-state index in [0.29, 0.717) is 23.1 Å². The smallest absolute Gasteiger partial charge is 0.244 e. The Morgan fingerprint density at radius 3 is 2.86 bits per heavy atom. The number of benzene rings is 1. The van der Waals surface area contributed by atoms with E-state index < -0.39 is 5.54 Å². The van der Waals surface area contributed by atoms with Crippen LogP contribution in [0.5, 0.6) is 5.75 Å². The molecule has 0 atom stereocenters. The molecule has 1 aliphatic rings. The normalized spacial score (nSPS) is 15.2. The number of hydrogen-bond acceptors (Lipinski definition) is 4. The summed E-state index contributed by atoms with van der Waals surface area (Å²) >= 11 is 6.19. The summed E-state index contributed by atoms with van der Waals surface area (Å²) in [6.45, 7) is 0.380. The molecule has 1 saturated carbocycles. The molecule has 1 aromatic carbocycles. The van der Waals surface area contributed by atoms with Crippen LogP contribution in [-0.4, -0.2) is 16.4 Å². The third kappa shape index (κ3) is 3.37. The Kier molecular flexibility index (Phi) is 4.00. The van der Waals surface area contributed by atoms with Crippen LogP contribution >= 0.6 is 11.6 Å². The second-order valence-corrected chi connectivity index (χ2v) is 5.81. The molecule has 0 unspecified atom stereocenters. The zero-order valence-electron chi connectivity index (χ0n) is 11.9. The van der Waals surface area contributed by atoms with E-state index in [4.69, 9.17) is 22.1 Å². The van der Waals surface area contributed by atoms with E-state index in [1.54, 1.807) is 30.6 Å². The van der Waals surface area contributed by atoms with Crippen LogP contribution in [0.3, 0.4) is 0 Å². The summed E-state index contributed by atoms with van der Waals surface area (Å²) in [5.74, 6) is 0.380. The van der Waals surface area contributed by atoms with Gasteiger partial charge in [0, 0.05) is 23.6 Å². The van der Waals surface area contributed by atoms with Crippen molar-refractivity contribution in [3.63, 3.8) is 0 Å². The van der Waals surface area contributed by atoms with Crippen molar-refractivity contribution in [2.45, 2.75) is 25.0 Å². The molecule has 0 radical (unpaired) electrons. The van der Waals surface area contributed by atoms with Gasteiger partial charge in [0.1, 0.15) is 12.4 Å². The van der Waals surface area contributed by atoms with E-state index in [0.717, 1.165) is 18.4 Å². The third-order valence-electron chi connectivity index (χ3n) is 3.55. The lowest BCUT2D eigenvalue weighted by Crippen LogP contribution is -2.37. The number of carbonyl (C=O) groups is 1. The third-order valence-corrected chi connectivity index (χ3v) is 3.84. The fraction of sp³-hybridized carbons (Fsp3) is 0.250. The van der Waals surface area contributed by atoms with Crippen LogP contribution < -0.4 is 15.8 Å². The largest absolute Gasteiger partial charge is 0.487 e. The van der Waals surface area contributed by atoms with Gasteiger partial charge >= 0.3 is 0 Å². The molecule has 0 bridgehead atoms. The molecule has 114 valence electrons. The van der Waals surface area contributed by atoms with Gasteiger partial charge in [0.05, 0.1) is 10.6 Å². The van der Waals surface area contributed by atoms with Crippen molar-refractivity contribution in [2.24, 2.45) is 5.73 Å². The van der Waals surface area contributed by atoms with Crippen LogP contribution in [0, 0.1) is 0 Å².